The van der Waals surface area contributed by atoms with E-state index in [-0.39, 0.29) is 20.9 Å². The van der Waals surface area contributed by atoms with Crippen LogP contribution in [0.5, 0.6) is 0 Å². The minimum Gasteiger partial charge on any atom is -0.443 e. The third-order valence-corrected chi connectivity index (χ3v) is 4.74. The van der Waals surface area contributed by atoms with Crippen LogP contribution in [0.4, 0.5) is 0 Å². The smallest absolute Gasteiger partial charge is 0.287 e. The molecule has 0 saturated heterocycles. The number of amides is 1. The molecule has 0 aromatic carbocycles. The maximum Gasteiger partial charge on any atom is 0.287 e. The number of carbonyl (C=O) groups excluding carboxylic acids is 1. The van der Waals surface area contributed by atoms with Gasteiger partial charge in [0.15, 0.2) is 10.4 Å². The third-order valence-electron chi connectivity index (χ3n) is 2.56. The van der Waals surface area contributed by atoms with E-state index in [0.717, 1.165) is 18.9 Å². The van der Waals surface area contributed by atoms with Gasteiger partial charge in [0, 0.05) is 22.3 Å². The average Bonchev–Trinajstić information content (AvgIpc) is 2.75. The van der Waals surface area contributed by atoms with Crippen LogP contribution in [0.15, 0.2) is 20.0 Å². The summed E-state index contributed by atoms with van der Waals surface area (Å²) in [5, 5.41) is 2.75. The van der Waals surface area contributed by atoms with Crippen molar-refractivity contribution in [3.8, 4) is 0 Å². The summed E-state index contributed by atoms with van der Waals surface area (Å²) >= 11 is 2.91. The van der Waals surface area contributed by atoms with E-state index in [0.29, 0.717) is 0 Å². The minimum absolute atomic E-state index is 0.0707. The van der Waals surface area contributed by atoms with Crippen LogP contribution in [0.25, 0.3) is 0 Å². The van der Waals surface area contributed by atoms with E-state index in [2.05, 4.69) is 21.2 Å². The second-order valence-corrected chi connectivity index (χ2v) is 7.46. The Bertz CT molecular complexity index is 576. The molecule has 1 aliphatic rings. The molecule has 1 aromatic heterocycles. The molecule has 5 nitrogen and oxygen atoms in total. The van der Waals surface area contributed by atoms with E-state index in [1.165, 1.54) is 0 Å². The molecule has 1 aromatic rings. The largest absolute Gasteiger partial charge is 0.443 e. The van der Waals surface area contributed by atoms with Gasteiger partial charge in [0.2, 0.25) is 0 Å². The summed E-state index contributed by atoms with van der Waals surface area (Å²) in [4.78, 5) is 11.5. The summed E-state index contributed by atoms with van der Waals surface area (Å²) in [6, 6.07) is 1.10. The molecule has 1 fully saturated rings. The SMILES string of the molecule is CC1(NC(=O)c2cc(S(=O)(=O)Cl)c(Br)o2)CC1. The topological polar surface area (TPSA) is 76.4 Å². The number of nitrogens with one attached hydrogen (secondary N) is 1. The summed E-state index contributed by atoms with van der Waals surface area (Å²) in [6.07, 6.45) is 1.81. The van der Waals surface area contributed by atoms with Crippen LogP contribution in [-0.2, 0) is 9.05 Å². The predicted octanol–water partition coefficient (Wildman–Crippen LogP) is 2.25. The maximum atomic E-state index is 11.7. The second-order valence-electron chi connectivity index (χ2n) is 4.20. The highest BCUT2D eigenvalue weighted by Crippen LogP contribution is 2.35. The van der Waals surface area contributed by atoms with Gasteiger partial charge in [0.1, 0.15) is 4.90 Å². The Morgan fingerprint density at radius 3 is 2.59 bits per heavy atom. The molecule has 0 aliphatic heterocycles. The number of carbonyl (C=O) groups is 1. The quantitative estimate of drug-likeness (QED) is 0.855. The molecule has 8 heteroatoms. The molecule has 1 saturated carbocycles. The van der Waals surface area contributed by atoms with E-state index < -0.39 is 15.0 Å². The van der Waals surface area contributed by atoms with Crippen molar-refractivity contribution in [2.45, 2.75) is 30.2 Å². The highest BCUT2D eigenvalue weighted by Gasteiger charge is 2.39. The lowest BCUT2D eigenvalue weighted by Crippen LogP contribution is -2.33. The summed E-state index contributed by atoms with van der Waals surface area (Å²) < 4.78 is 27.2. The van der Waals surface area contributed by atoms with Crippen molar-refractivity contribution in [3.05, 3.63) is 16.5 Å². The van der Waals surface area contributed by atoms with Crippen molar-refractivity contribution in [3.63, 3.8) is 0 Å². The number of hydrogen-bond donors (Lipinski definition) is 1. The lowest BCUT2D eigenvalue weighted by molar-refractivity contribution is 0.0906. The molecule has 0 spiro atoms. The first-order valence-electron chi connectivity index (χ1n) is 4.78. The molecule has 0 unspecified atom stereocenters. The highest BCUT2D eigenvalue weighted by atomic mass is 79.9. The molecule has 0 atom stereocenters. The summed E-state index contributed by atoms with van der Waals surface area (Å²) in [7, 11) is 1.26. The first-order valence-corrected chi connectivity index (χ1v) is 7.88. The zero-order chi connectivity index (χ0) is 12.8. The van der Waals surface area contributed by atoms with Crippen LogP contribution in [-0.4, -0.2) is 19.9 Å². The van der Waals surface area contributed by atoms with Crippen LogP contribution in [0.1, 0.15) is 30.3 Å². The van der Waals surface area contributed by atoms with Crippen LogP contribution in [0.2, 0.25) is 0 Å². The van der Waals surface area contributed by atoms with Crippen LogP contribution in [0, 0.1) is 0 Å². The first-order chi connectivity index (χ1) is 7.71. The van der Waals surface area contributed by atoms with Gasteiger partial charge in [-0.25, -0.2) is 8.42 Å². The fourth-order valence-corrected chi connectivity index (χ4v) is 3.31. The maximum absolute atomic E-state index is 11.7. The summed E-state index contributed by atoms with van der Waals surface area (Å²) in [6.45, 7) is 1.90. The summed E-state index contributed by atoms with van der Waals surface area (Å²) in [5.74, 6) is -0.526. The molecule has 94 valence electrons. The van der Waals surface area contributed by atoms with Gasteiger partial charge in [-0.3, -0.25) is 4.79 Å². The Hall–Kier alpha value is -0.530. The van der Waals surface area contributed by atoms with Crippen molar-refractivity contribution < 1.29 is 17.6 Å². The van der Waals surface area contributed by atoms with Gasteiger partial charge in [0.25, 0.3) is 15.0 Å². The van der Waals surface area contributed by atoms with Crippen molar-refractivity contribution in [1.82, 2.24) is 5.32 Å². The van der Waals surface area contributed by atoms with Gasteiger partial charge in [-0.1, -0.05) is 0 Å². The fraction of sp³-hybridized carbons (Fsp3) is 0.444. The van der Waals surface area contributed by atoms with Crippen LogP contribution in [0.3, 0.4) is 0 Å². The van der Waals surface area contributed by atoms with Gasteiger partial charge in [-0.2, -0.15) is 0 Å². The Balaban J connectivity index is 2.26. The highest BCUT2D eigenvalue weighted by molar-refractivity contribution is 9.10. The predicted molar refractivity (Wildman–Crippen MR) is 64.6 cm³/mol. The zero-order valence-corrected chi connectivity index (χ0v) is 11.9. The van der Waals surface area contributed by atoms with Crippen molar-refractivity contribution in [1.29, 1.82) is 0 Å². The molecule has 1 aliphatic carbocycles. The molecule has 17 heavy (non-hydrogen) atoms. The number of furan rings is 1. The molecule has 0 bridgehead atoms. The van der Waals surface area contributed by atoms with Crippen molar-refractivity contribution in [2.75, 3.05) is 0 Å². The second kappa shape index (κ2) is 4.00. The Morgan fingerprint density at radius 2 is 2.18 bits per heavy atom. The van der Waals surface area contributed by atoms with Crippen LogP contribution >= 0.6 is 26.6 Å². The zero-order valence-electron chi connectivity index (χ0n) is 8.79. The molecular formula is C9H9BrClNO4S. The van der Waals surface area contributed by atoms with Crippen molar-refractivity contribution >= 4 is 41.6 Å². The van der Waals surface area contributed by atoms with Crippen molar-refractivity contribution in [2.24, 2.45) is 0 Å². The van der Waals surface area contributed by atoms with Gasteiger partial charge in [-0.15, -0.1) is 0 Å². The normalized spacial score (nSPS) is 17.8. The van der Waals surface area contributed by atoms with Crippen LogP contribution < -0.4 is 5.32 Å². The van der Waals surface area contributed by atoms with Gasteiger partial charge in [-0.05, 0) is 35.7 Å². The number of rotatable bonds is 3. The third kappa shape index (κ3) is 2.83. The van der Waals surface area contributed by atoms with E-state index in [4.69, 9.17) is 15.1 Å². The number of hydrogen-bond acceptors (Lipinski definition) is 4. The molecule has 1 amide bonds. The molecule has 0 radical (unpaired) electrons. The minimum atomic E-state index is -3.92. The Kier molecular flexibility index (Phi) is 3.04. The van der Waals surface area contributed by atoms with E-state index >= 15 is 0 Å². The van der Waals surface area contributed by atoms with Gasteiger partial charge < -0.3 is 9.73 Å². The lowest BCUT2D eigenvalue weighted by atomic mass is 10.3. The van der Waals surface area contributed by atoms with E-state index in [1.54, 1.807) is 0 Å². The van der Waals surface area contributed by atoms with E-state index in [1.807, 2.05) is 6.92 Å². The monoisotopic (exact) mass is 341 g/mol. The summed E-state index contributed by atoms with van der Waals surface area (Å²) in [5.41, 5.74) is -0.198. The molecule has 1 heterocycles. The average molecular weight is 343 g/mol. The fourth-order valence-electron chi connectivity index (χ4n) is 1.28. The van der Waals surface area contributed by atoms with Gasteiger partial charge >= 0.3 is 0 Å². The Labute approximate surface area is 111 Å². The lowest BCUT2D eigenvalue weighted by Gasteiger charge is -2.08. The first kappa shape index (κ1) is 12.9. The Morgan fingerprint density at radius 1 is 1.59 bits per heavy atom. The van der Waals surface area contributed by atoms with E-state index in [9.17, 15) is 13.2 Å². The standard InChI is InChI=1S/C9H9BrClNO4S/c1-9(2-3-9)12-8(13)5-4-6(7(10)16-5)17(11,14)15/h4H,2-3H2,1H3,(H,12,13). The molecular weight excluding hydrogens is 334 g/mol. The number of halogens is 2. The molecule has 1 N–H and O–H groups in total. The van der Waals surface area contributed by atoms with Gasteiger partial charge in [0.05, 0.1) is 0 Å². The molecule has 2 rings (SSSR count).